The number of fused-ring (bicyclic) bond motifs is 1. The highest BCUT2D eigenvalue weighted by Crippen LogP contribution is 2.26. The van der Waals surface area contributed by atoms with Gasteiger partial charge in [-0.05, 0) is 37.6 Å². The fourth-order valence-electron chi connectivity index (χ4n) is 2.62. The maximum Gasteiger partial charge on any atom is 0.453 e. The van der Waals surface area contributed by atoms with Crippen molar-refractivity contribution in [1.82, 2.24) is 19.6 Å². The molecule has 3 rings (SSSR count). The third-order valence-corrected chi connectivity index (χ3v) is 4.85. The standard InChI is InChI=1S/C17H18F3N5OS/c1-11-10-13(22-16-23-15(17(18,19)20)24-25(11)16)21-14(26)8-4-2-3-6-12-7-5-9-27-12/h5,7,9-10H,2-4,6,8H2,1H3,(H,21,22,23,24,26). The molecule has 0 radical (unpaired) electrons. The molecule has 10 heteroatoms. The van der Waals surface area contributed by atoms with Gasteiger partial charge < -0.3 is 5.32 Å². The first kappa shape index (κ1) is 19.3. The topological polar surface area (TPSA) is 72.2 Å². The molecule has 144 valence electrons. The van der Waals surface area contributed by atoms with Crippen molar-refractivity contribution in [3.63, 3.8) is 0 Å². The number of amides is 1. The van der Waals surface area contributed by atoms with Crippen LogP contribution in [0.2, 0.25) is 0 Å². The van der Waals surface area contributed by atoms with Crippen LogP contribution in [0.5, 0.6) is 0 Å². The Kier molecular flexibility index (Phi) is 5.73. The molecule has 3 aromatic heterocycles. The van der Waals surface area contributed by atoms with Crippen molar-refractivity contribution in [2.75, 3.05) is 5.32 Å². The Labute approximate surface area is 157 Å². The maximum atomic E-state index is 12.7. The second kappa shape index (κ2) is 8.03. The first-order chi connectivity index (χ1) is 12.8. The summed E-state index contributed by atoms with van der Waals surface area (Å²) in [4.78, 5) is 20.7. The van der Waals surface area contributed by atoms with Crippen molar-refractivity contribution in [2.45, 2.75) is 45.2 Å². The number of nitrogens with one attached hydrogen (secondary N) is 1. The van der Waals surface area contributed by atoms with E-state index in [1.165, 1.54) is 10.9 Å². The van der Waals surface area contributed by atoms with Gasteiger partial charge in [0.2, 0.25) is 5.91 Å². The van der Waals surface area contributed by atoms with E-state index in [9.17, 15) is 18.0 Å². The highest BCUT2D eigenvalue weighted by atomic mass is 32.1. The minimum Gasteiger partial charge on any atom is -0.311 e. The summed E-state index contributed by atoms with van der Waals surface area (Å²) in [6, 6.07) is 5.58. The Morgan fingerprint density at radius 2 is 2.07 bits per heavy atom. The van der Waals surface area contributed by atoms with E-state index >= 15 is 0 Å². The van der Waals surface area contributed by atoms with Gasteiger partial charge in [0.25, 0.3) is 11.6 Å². The second-order valence-corrected chi connectivity index (χ2v) is 7.15. The quantitative estimate of drug-likeness (QED) is 0.605. The molecule has 1 amide bonds. The van der Waals surface area contributed by atoms with Crippen LogP contribution < -0.4 is 5.32 Å². The number of unbranched alkanes of at least 4 members (excludes halogenated alkanes) is 2. The van der Waals surface area contributed by atoms with E-state index in [-0.39, 0.29) is 17.5 Å². The van der Waals surface area contributed by atoms with Crippen molar-refractivity contribution >= 4 is 28.8 Å². The third kappa shape index (κ3) is 5.03. The van der Waals surface area contributed by atoms with E-state index in [1.54, 1.807) is 18.3 Å². The van der Waals surface area contributed by atoms with Crippen LogP contribution in [0.1, 0.15) is 42.1 Å². The molecule has 3 aromatic rings. The first-order valence-corrected chi connectivity index (χ1v) is 9.35. The summed E-state index contributed by atoms with van der Waals surface area (Å²) in [6.07, 6.45) is -0.636. The number of carbonyl (C=O) groups excluding carboxylic acids is 1. The molecule has 27 heavy (non-hydrogen) atoms. The Morgan fingerprint density at radius 1 is 1.26 bits per heavy atom. The molecule has 0 unspecified atom stereocenters. The number of thiophene rings is 1. The van der Waals surface area contributed by atoms with Crippen molar-refractivity contribution in [2.24, 2.45) is 0 Å². The van der Waals surface area contributed by atoms with Gasteiger partial charge in [0.15, 0.2) is 0 Å². The molecule has 0 fully saturated rings. The summed E-state index contributed by atoms with van der Waals surface area (Å²) in [5.41, 5.74) is 0.397. The number of nitrogens with zero attached hydrogens (tertiary/aromatic N) is 4. The average Bonchev–Trinajstić information content (AvgIpc) is 3.23. The normalized spacial score (nSPS) is 11.9. The van der Waals surface area contributed by atoms with E-state index in [0.29, 0.717) is 12.1 Å². The molecular formula is C17H18F3N5OS. The summed E-state index contributed by atoms with van der Waals surface area (Å²) >= 11 is 1.72. The average molecular weight is 397 g/mol. The summed E-state index contributed by atoms with van der Waals surface area (Å²) in [5.74, 6) is -1.51. The minimum absolute atomic E-state index is 0.171. The van der Waals surface area contributed by atoms with Gasteiger partial charge in [-0.1, -0.05) is 12.5 Å². The number of hydrogen-bond acceptors (Lipinski definition) is 5. The Balaban J connectivity index is 1.53. The molecule has 0 aliphatic carbocycles. The fourth-order valence-corrected chi connectivity index (χ4v) is 3.37. The molecule has 0 aromatic carbocycles. The van der Waals surface area contributed by atoms with Gasteiger partial charge in [-0.3, -0.25) is 4.79 Å². The molecule has 6 nitrogen and oxygen atoms in total. The van der Waals surface area contributed by atoms with Crippen LogP contribution in [0.25, 0.3) is 5.78 Å². The van der Waals surface area contributed by atoms with Crippen molar-refractivity contribution in [1.29, 1.82) is 0 Å². The van der Waals surface area contributed by atoms with Gasteiger partial charge >= 0.3 is 6.18 Å². The van der Waals surface area contributed by atoms with Crippen molar-refractivity contribution < 1.29 is 18.0 Å². The Bertz CT molecular complexity index is 921. The van der Waals surface area contributed by atoms with Gasteiger partial charge in [-0.15, -0.1) is 16.4 Å². The van der Waals surface area contributed by atoms with Gasteiger partial charge in [0.05, 0.1) is 0 Å². The molecule has 0 bridgehead atoms. The zero-order valence-electron chi connectivity index (χ0n) is 14.6. The van der Waals surface area contributed by atoms with E-state index in [4.69, 9.17) is 0 Å². The summed E-state index contributed by atoms with van der Waals surface area (Å²) in [5, 5.41) is 8.06. The minimum atomic E-state index is -4.65. The van der Waals surface area contributed by atoms with E-state index in [2.05, 4.69) is 26.4 Å². The number of aryl methyl sites for hydroxylation is 2. The summed E-state index contributed by atoms with van der Waals surface area (Å²) in [6.45, 7) is 1.57. The lowest BCUT2D eigenvalue weighted by atomic mass is 10.1. The maximum absolute atomic E-state index is 12.7. The highest BCUT2D eigenvalue weighted by Gasteiger charge is 2.36. The summed E-state index contributed by atoms with van der Waals surface area (Å²) in [7, 11) is 0. The zero-order chi connectivity index (χ0) is 19.4. The van der Waals surface area contributed by atoms with Crippen LogP contribution in [-0.4, -0.2) is 25.5 Å². The molecular weight excluding hydrogens is 379 g/mol. The third-order valence-electron chi connectivity index (χ3n) is 3.92. The van der Waals surface area contributed by atoms with Gasteiger partial charge in [-0.25, -0.2) is 4.52 Å². The van der Waals surface area contributed by atoms with Crippen LogP contribution in [0.4, 0.5) is 19.0 Å². The van der Waals surface area contributed by atoms with Gasteiger partial charge in [0, 0.05) is 23.1 Å². The molecule has 0 saturated carbocycles. The SMILES string of the molecule is Cc1cc(NC(=O)CCCCCc2cccs2)nc2nc(C(F)(F)F)nn12. The number of aromatic nitrogens is 4. The number of rotatable bonds is 7. The van der Waals surface area contributed by atoms with Crippen LogP contribution in [0.3, 0.4) is 0 Å². The molecule has 0 aliphatic heterocycles. The lowest BCUT2D eigenvalue weighted by molar-refractivity contribution is -0.144. The van der Waals surface area contributed by atoms with E-state index in [0.717, 1.165) is 30.2 Å². The van der Waals surface area contributed by atoms with Crippen LogP contribution in [0.15, 0.2) is 23.6 Å². The van der Waals surface area contributed by atoms with E-state index in [1.807, 2.05) is 11.4 Å². The Hall–Kier alpha value is -2.49. The molecule has 3 heterocycles. The molecule has 0 aliphatic rings. The van der Waals surface area contributed by atoms with Crippen LogP contribution in [0, 0.1) is 6.92 Å². The monoisotopic (exact) mass is 397 g/mol. The number of carbonyl (C=O) groups is 1. The van der Waals surface area contributed by atoms with Crippen molar-refractivity contribution in [3.8, 4) is 0 Å². The molecule has 0 spiro atoms. The van der Waals surface area contributed by atoms with E-state index < -0.39 is 12.0 Å². The predicted octanol–water partition coefficient (Wildman–Crippen LogP) is 4.25. The van der Waals surface area contributed by atoms with Crippen LogP contribution in [-0.2, 0) is 17.4 Å². The number of hydrogen-bond donors (Lipinski definition) is 1. The van der Waals surface area contributed by atoms with Gasteiger partial charge in [0.1, 0.15) is 5.82 Å². The van der Waals surface area contributed by atoms with Crippen molar-refractivity contribution in [3.05, 3.63) is 40.0 Å². The second-order valence-electron chi connectivity index (χ2n) is 6.12. The smallest absolute Gasteiger partial charge is 0.311 e. The number of halogens is 3. The highest BCUT2D eigenvalue weighted by molar-refractivity contribution is 7.09. The summed E-state index contributed by atoms with van der Waals surface area (Å²) < 4.78 is 39.2. The molecule has 1 N–H and O–H groups in total. The fraction of sp³-hybridized carbons (Fsp3) is 0.412. The predicted molar refractivity (Wildman–Crippen MR) is 95.6 cm³/mol. The molecule has 0 atom stereocenters. The first-order valence-electron chi connectivity index (χ1n) is 8.47. The van der Waals surface area contributed by atoms with Gasteiger partial charge in [-0.2, -0.15) is 23.1 Å². The largest absolute Gasteiger partial charge is 0.453 e. The zero-order valence-corrected chi connectivity index (χ0v) is 15.4. The van der Waals surface area contributed by atoms with Crippen LogP contribution >= 0.6 is 11.3 Å². The number of anilines is 1. The molecule has 0 saturated heterocycles. The lowest BCUT2D eigenvalue weighted by Crippen LogP contribution is -2.13. The lowest BCUT2D eigenvalue weighted by Gasteiger charge is -2.06. The Morgan fingerprint density at radius 3 is 2.78 bits per heavy atom. The number of alkyl halides is 3.